The molecule has 0 saturated carbocycles. The average Bonchev–Trinajstić information content (AvgIpc) is 2.20. The van der Waals surface area contributed by atoms with Gasteiger partial charge in [-0.15, -0.1) is 0 Å². The van der Waals surface area contributed by atoms with Crippen LogP contribution in [0.4, 0.5) is 10.5 Å². The first-order valence-electron chi connectivity index (χ1n) is 5.43. The fourth-order valence-electron chi connectivity index (χ4n) is 1.28. The highest BCUT2D eigenvalue weighted by molar-refractivity contribution is 6.31. The fourth-order valence-corrected chi connectivity index (χ4v) is 1.46. The van der Waals surface area contributed by atoms with Crippen LogP contribution in [0.3, 0.4) is 0 Å². The van der Waals surface area contributed by atoms with Gasteiger partial charge in [0.25, 0.3) is 0 Å². The maximum atomic E-state index is 11.6. The van der Waals surface area contributed by atoms with E-state index in [-0.39, 0.29) is 6.54 Å². The van der Waals surface area contributed by atoms with Gasteiger partial charge in [-0.3, -0.25) is 5.32 Å². The summed E-state index contributed by atoms with van der Waals surface area (Å²) in [5.74, 6) is 0. The van der Waals surface area contributed by atoms with Gasteiger partial charge in [-0.05, 0) is 39.0 Å². The molecular weight excluding hydrogens is 252 g/mol. The second kappa shape index (κ2) is 5.74. The number of amides is 1. The van der Waals surface area contributed by atoms with E-state index in [1.54, 1.807) is 39.0 Å². The van der Waals surface area contributed by atoms with Crippen molar-refractivity contribution in [3.8, 4) is 0 Å². The van der Waals surface area contributed by atoms with Crippen molar-refractivity contribution in [2.45, 2.75) is 32.9 Å². The summed E-state index contributed by atoms with van der Waals surface area (Å²) in [6.07, 6.45) is -0.529. The van der Waals surface area contributed by atoms with Gasteiger partial charge < -0.3 is 9.58 Å². The van der Waals surface area contributed by atoms with Crippen molar-refractivity contribution >= 4 is 23.4 Å². The smallest absolute Gasteiger partial charge is 0.412 e. The molecule has 1 aromatic rings. The summed E-state index contributed by atoms with van der Waals surface area (Å²) in [5, 5.41) is 3.12. The molecule has 1 aromatic carbocycles. The average molecular weight is 267 g/mol. The minimum absolute atomic E-state index is 0.183. The third-order valence-electron chi connectivity index (χ3n) is 1.94. The topological polar surface area (TPSA) is 42.7 Å². The summed E-state index contributed by atoms with van der Waals surface area (Å²) in [7, 11) is 0. The number of halogens is 1. The first-order chi connectivity index (χ1) is 8.31. The molecule has 0 saturated heterocycles. The van der Waals surface area contributed by atoms with Crippen LogP contribution in [0, 0.1) is 6.57 Å². The first kappa shape index (κ1) is 14.3. The number of nitrogens with one attached hydrogen (secondary N) is 1. The Morgan fingerprint density at radius 3 is 2.72 bits per heavy atom. The van der Waals surface area contributed by atoms with E-state index in [0.29, 0.717) is 16.3 Å². The van der Waals surface area contributed by atoms with Gasteiger partial charge in [0, 0.05) is 5.69 Å². The van der Waals surface area contributed by atoms with Crippen LogP contribution in [-0.4, -0.2) is 11.7 Å². The van der Waals surface area contributed by atoms with Crippen molar-refractivity contribution in [1.82, 2.24) is 0 Å². The number of benzene rings is 1. The number of hydrogen-bond acceptors (Lipinski definition) is 2. The fraction of sp³-hybridized carbons (Fsp3) is 0.385. The SMILES string of the molecule is [C-]#[N+]Cc1cc(NC(=O)OC(C)(C)C)ccc1Cl. The largest absolute Gasteiger partial charge is 0.444 e. The van der Waals surface area contributed by atoms with Gasteiger partial charge in [-0.25, -0.2) is 11.4 Å². The Kier molecular flexibility index (Phi) is 4.57. The maximum Gasteiger partial charge on any atom is 0.412 e. The lowest BCUT2D eigenvalue weighted by Gasteiger charge is -2.19. The van der Waals surface area contributed by atoms with E-state index in [0.717, 1.165) is 0 Å². The normalized spacial score (nSPS) is 10.6. The summed E-state index contributed by atoms with van der Waals surface area (Å²) in [6.45, 7) is 12.4. The zero-order valence-electron chi connectivity index (χ0n) is 10.6. The van der Waals surface area contributed by atoms with E-state index in [2.05, 4.69) is 10.2 Å². The van der Waals surface area contributed by atoms with Crippen molar-refractivity contribution in [2.24, 2.45) is 0 Å². The highest BCUT2D eigenvalue weighted by Gasteiger charge is 2.16. The van der Waals surface area contributed by atoms with Crippen LogP contribution in [0.25, 0.3) is 4.85 Å². The van der Waals surface area contributed by atoms with Gasteiger partial charge in [-0.1, -0.05) is 11.6 Å². The maximum absolute atomic E-state index is 11.6. The predicted molar refractivity (Wildman–Crippen MR) is 71.6 cm³/mol. The molecule has 0 unspecified atom stereocenters. The highest BCUT2D eigenvalue weighted by atomic mass is 35.5. The molecule has 0 heterocycles. The van der Waals surface area contributed by atoms with E-state index in [1.807, 2.05) is 0 Å². The van der Waals surface area contributed by atoms with Crippen molar-refractivity contribution in [3.05, 3.63) is 40.2 Å². The lowest BCUT2D eigenvalue weighted by molar-refractivity contribution is 0.0636. The van der Waals surface area contributed by atoms with Crippen LogP contribution in [0.15, 0.2) is 18.2 Å². The monoisotopic (exact) mass is 266 g/mol. The zero-order valence-corrected chi connectivity index (χ0v) is 11.3. The molecule has 0 fully saturated rings. The Hall–Kier alpha value is -1.73. The first-order valence-corrected chi connectivity index (χ1v) is 5.81. The second-order valence-corrected chi connectivity index (χ2v) is 5.16. The number of carbonyl (C=O) groups excluding carboxylic acids is 1. The van der Waals surface area contributed by atoms with Gasteiger partial charge in [0.1, 0.15) is 5.60 Å². The zero-order chi connectivity index (χ0) is 13.8. The molecule has 0 spiro atoms. The summed E-state index contributed by atoms with van der Waals surface area (Å²) < 4.78 is 5.13. The van der Waals surface area contributed by atoms with Gasteiger partial charge in [0.15, 0.2) is 0 Å². The molecule has 1 N–H and O–H groups in total. The van der Waals surface area contributed by atoms with Crippen molar-refractivity contribution in [1.29, 1.82) is 0 Å². The van der Waals surface area contributed by atoms with Crippen molar-refractivity contribution in [3.63, 3.8) is 0 Å². The molecule has 0 aromatic heterocycles. The Bertz CT molecular complexity index is 487. The molecule has 4 nitrogen and oxygen atoms in total. The Morgan fingerprint density at radius 1 is 1.50 bits per heavy atom. The third-order valence-corrected chi connectivity index (χ3v) is 2.31. The van der Waals surface area contributed by atoms with Gasteiger partial charge in [0.2, 0.25) is 6.54 Å². The van der Waals surface area contributed by atoms with Gasteiger partial charge in [0.05, 0.1) is 10.6 Å². The lowest BCUT2D eigenvalue weighted by Crippen LogP contribution is -2.27. The predicted octanol–water partition coefficient (Wildman–Crippen LogP) is 4.11. The molecule has 0 atom stereocenters. The molecule has 96 valence electrons. The molecule has 5 heteroatoms. The van der Waals surface area contributed by atoms with Gasteiger partial charge in [-0.2, -0.15) is 0 Å². The van der Waals surface area contributed by atoms with Crippen LogP contribution in [0.2, 0.25) is 5.02 Å². The van der Waals surface area contributed by atoms with Crippen LogP contribution < -0.4 is 5.32 Å². The number of ether oxygens (including phenoxy) is 1. The van der Waals surface area contributed by atoms with E-state index < -0.39 is 11.7 Å². The number of rotatable bonds is 2. The summed E-state index contributed by atoms with van der Waals surface area (Å²) in [6, 6.07) is 4.98. The summed E-state index contributed by atoms with van der Waals surface area (Å²) >= 11 is 5.93. The molecule has 0 aliphatic rings. The molecular formula is C13H15ClN2O2. The van der Waals surface area contributed by atoms with Gasteiger partial charge >= 0.3 is 6.09 Å². The molecule has 0 radical (unpaired) electrons. The highest BCUT2D eigenvalue weighted by Crippen LogP contribution is 2.22. The van der Waals surface area contributed by atoms with Crippen LogP contribution in [0.5, 0.6) is 0 Å². The van der Waals surface area contributed by atoms with E-state index in [1.165, 1.54) is 0 Å². The summed E-state index contributed by atoms with van der Waals surface area (Å²) in [4.78, 5) is 14.8. The standard InChI is InChI=1S/C13H15ClN2O2/c1-13(2,3)18-12(17)16-10-5-6-11(14)9(7-10)8-15-4/h5-7H,8H2,1-3H3,(H,16,17). The third kappa shape index (κ3) is 4.64. The minimum atomic E-state index is -0.546. The molecule has 0 aliphatic carbocycles. The summed E-state index contributed by atoms with van der Waals surface area (Å²) in [5.41, 5.74) is 0.697. The quantitative estimate of drug-likeness (QED) is 0.819. The number of hydrogen-bond donors (Lipinski definition) is 1. The Labute approximate surface area is 112 Å². The van der Waals surface area contributed by atoms with Crippen LogP contribution in [0.1, 0.15) is 26.3 Å². The number of carbonyl (C=O) groups is 1. The molecule has 0 aliphatic heterocycles. The number of anilines is 1. The van der Waals surface area contributed by atoms with E-state index in [9.17, 15) is 4.79 Å². The van der Waals surface area contributed by atoms with Crippen molar-refractivity contribution < 1.29 is 9.53 Å². The minimum Gasteiger partial charge on any atom is -0.444 e. The second-order valence-electron chi connectivity index (χ2n) is 4.75. The molecule has 0 bridgehead atoms. The Morgan fingerprint density at radius 2 is 2.17 bits per heavy atom. The van der Waals surface area contributed by atoms with Crippen LogP contribution in [-0.2, 0) is 11.3 Å². The van der Waals surface area contributed by atoms with E-state index >= 15 is 0 Å². The lowest BCUT2D eigenvalue weighted by atomic mass is 10.2. The molecule has 18 heavy (non-hydrogen) atoms. The van der Waals surface area contributed by atoms with Crippen molar-refractivity contribution in [2.75, 3.05) is 5.32 Å². The molecule has 1 rings (SSSR count). The number of nitrogens with zero attached hydrogens (tertiary/aromatic N) is 1. The van der Waals surface area contributed by atoms with E-state index in [4.69, 9.17) is 22.9 Å². The Balaban J connectivity index is 2.77. The molecule has 1 amide bonds. The van der Waals surface area contributed by atoms with Crippen LogP contribution >= 0.6 is 11.6 Å².